The SMILES string of the molecule is CC(=O)Nc1cc(N)c(NC(=O)C[N+]2(C)CCN(C)CC2)c(O)c1. The summed E-state index contributed by atoms with van der Waals surface area (Å²) in [7, 11) is 4.12. The Kier molecular flexibility index (Phi) is 5.30. The number of carbonyl (C=O) groups is 2. The first-order chi connectivity index (χ1) is 11.2. The molecule has 8 nitrogen and oxygen atoms in total. The number of rotatable bonds is 4. The molecule has 2 amide bonds. The summed E-state index contributed by atoms with van der Waals surface area (Å²) in [5.74, 6) is -0.637. The Morgan fingerprint density at radius 2 is 1.92 bits per heavy atom. The van der Waals surface area contributed by atoms with Crippen LogP contribution in [0.15, 0.2) is 12.1 Å². The highest BCUT2D eigenvalue weighted by molar-refractivity contribution is 5.98. The summed E-state index contributed by atoms with van der Waals surface area (Å²) in [6.07, 6.45) is 0. The van der Waals surface area contributed by atoms with Gasteiger partial charge in [-0.2, -0.15) is 0 Å². The van der Waals surface area contributed by atoms with Crippen molar-refractivity contribution < 1.29 is 19.2 Å². The number of nitrogens with two attached hydrogens (primary N) is 1. The zero-order valence-electron chi connectivity index (χ0n) is 14.4. The first-order valence-electron chi connectivity index (χ1n) is 7.90. The molecule has 24 heavy (non-hydrogen) atoms. The van der Waals surface area contributed by atoms with Gasteiger partial charge in [0.05, 0.1) is 25.8 Å². The van der Waals surface area contributed by atoms with Gasteiger partial charge >= 0.3 is 0 Å². The van der Waals surface area contributed by atoms with Crippen LogP contribution in [0, 0.1) is 0 Å². The summed E-state index contributed by atoms with van der Waals surface area (Å²) in [4.78, 5) is 25.7. The lowest BCUT2D eigenvalue weighted by Crippen LogP contribution is -2.58. The van der Waals surface area contributed by atoms with Crippen LogP contribution in [0.4, 0.5) is 17.1 Å². The van der Waals surface area contributed by atoms with Gasteiger partial charge in [-0.25, -0.2) is 0 Å². The van der Waals surface area contributed by atoms with E-state index in [0.717, 1.165) is 26.2 Å². The van der Waals surface area contributed by atoms with Gasteiger partial charge in [0.25, 0.3) is 5.91 Å². The van der Waals surface area contributed by atoms with Gasteiger partial charge in [-0.05, 0) is 13.1 Å². The van der Waals surface area contributed by atoms with Crippen LogP contribution in [-0.2, 0) is 9.59 Å². The number of hydrogen-bond acceptors (Lipinski definition) is 5. The van der Waals surface area contributed by atoms with Crippen LogP contribution in [0.25, 0.3) is 0 Å². The highest BCUT2D eigenvalue weighted by Gasteiger charge is 2.30. The predicted molar refractivity (Wildman–Crippen MR) is 93.7 cm³/mol. The molecule has 0 saturated carbocycles. The van der Waals surface area contributed by atoms with E-state index < -0.39 is 0 Å². The van der Waals surface area contributed by atoms with E-state index in [0.29, 0.717) is 16.7 Å². The number of carbonyl (C=O) groups excluding carboxylic acids is 2. The molecule has 1 saturated heterocycles. The van der Waals surface area contributed by atoms with Crippen LogP contribution in [-0.4, -0.2) is 73.1 Å². The number of amides is 2. The van der Waals surface area contributed by atoms with Crippen molar-refractivity contribution in [1.29, 1.82) is 0 Å². The first kappa shape index (κ1) is 18.0. The Morgan fingerprint density at radius 3 is 2.46 bits per heavy atom. The largest absolute Gasteiger partial charge is 0.506 e. The fourth-order valence-corrected chi connectivity index (χ4v) is 2.79. The van der Waals surface area contributed by atoms with E-state index in [1.54, 1.807) is 0 Å². The summed E-state index contributed by atoms with van der Waals surface area (Å²) in [5, 5.41) is 15.3. The number of nitrogen functional groups attached to an aromatic ring is 1. The van der Waals surface area contributed by atoms with E-state index in [2.05, 4.69) is 29.6 Å². The summed E-state index contributed by atoms with van der Waals surface area (Å²) in [6.45, 7) is 5.37. The second-order valence-corrected chi connectivity index (χ2v) is 6.72. The van der Waals surface area contributed by atoms with Gasteiger partial charge in [-0.3, -0.25) is 14.5 Å². The lowest BCUT2D eigenvalue weighted by molar-refractivity contribution is -0.905. The Morgan fingerprint density at radius 1 is 1.29 bits per heavy atom. The maximum absolute atomic E-state index is 12.4. The average molecular weight is 336 g/mol. The standard InChI is InChI=1S/C16H25N5O3/c1-11(22)18-12-8-13(17)16(14(23)9-12)19-15(24)10-21(3)6-4-20(2)5-7-21/h8-9H,4-7,10,17H2,1-3H3,(H2-,18,19,22,23,24)/p+1. The Balaban J connectivity index is 2.05. The molecule has 0 spiro atoms. The molecule has 0 atom stereocenters. The highest BCUT2D eigenvalue weighted by Crippen LogP contribution is 2.33. The van der Waals surface area contributed by atoms with Crippen LogP contribution in [0.2, 0.25) is 0 Å². The number of anilines is 3. The number of likely N-dealkylation sites (N-methyl/N-ethyl adjacent to an activating group) is 2. The van der Waals surface area contributed by atoms with E-state index in [1.807, 2.05) is 0 Å². The molecule has 0 radical (unpaired) electrons. The normalized spacial score (nSPS) is 17.3. The number of nitrogens with zero attached hydrogens (tertiary/aromatic N) is 2. The van der Waals surface area contributed by atoms with E-state index in [1.165, 1.54) is 19.1 Å². The smallest absolute Gasteiger partial charge is 0.279 e. The van der Waals surface area contributed by atoms with Crippen LogP contribution in [0.3, 0.4) is 0 Å². The van der Waals surface area contributed by atoms with Crippen LogP contribution in [0.5, 0.6) is 5.75 Å². The maximum atomic E-state index is 12.4. The van der Waals surface area contributed by atoms with Crippen molar-refractivity contribution in [2.45, 2.75) is 6.92 Å². The second-order valence-electron chi connectivity index (χ2n) is 6.72. The van der Waals surface area contributed by atoms with Crippen LogP contribution in [0.1, 0.15) is 6.92 Å². The van der Waals surface area contributed by atoms with E-state index in [-0.39, 0.29) is 28.9 Å². The third-order valence-electron chi connectivity index (χ3n) is 4.30. The third kappa shape index (κ3) is 4.59. The minimum absolute atomic E-state index is 0.173. The number of quaternary nitrogens is 1. The topological polar surface area (TPSA) is 108 Å². The molecule has 0 unspecified atom stereocenters. The minimum Gasteiger partial charge on any atom is -0.506 e. The van der Waals surface area contributed by atoms with Crippen molar-refractivity contribution in [2.24, 2.45) is 0 Å². The van der Waals surface area contributed by atoms with Crippen molar-refractivity contribution >= 4 is 28.9 Å². The van der Waals surface area contributed by atoms with Crippen molar-refractivity contribution in [3.63, 3.8) is 0 Å². The lowest BCUT2D eigenvalue weighted by atomic mass is 10.2. The molecule has 8 heteroatoms. The molecule has 132 valence electrons. The summed E-state index contributed by atoms with van der Waals surface area (Å²) < 4.78 is 0.654. The number of phenolic OH excluding ortho intramolecular Hbond substituents is 1. The number of phenols is 1. The third-order valence-corrected chi connectivity index (χ3v) is 4.30. The molecular formula is C16H26N5O3+. The highest BCUT2D eigenvalue weighted by atomic mass is 16.3. The Hall–Kier alpha value is -2.32. The molecule has 1 aliphatic heterocycles. The molecule has 1 aliphatic rings. The van der Waals surface area contributed by atoms with Gasteiger partial charge in [0, 0.05) is 31.8 Å². The average Bonchev–Trinajstić information content (AvgIpc) is 2.46. The summed E-state index contributed by atoms with van der Waals surface area (Å²) >= 11 is 0. The fourth-order valence-electron chi connectivity index (χ4n) is 2.79. The first-order valence-corrected chi connectivity index (χ1v) is 7.90. The maximum Gasteiger partial charge on any atom is 0.279 e. The number of nitrogens with one attached hydrogen (secondary N) is 2. The van der Waals surface area contributed by atoms with Crippen LogP contribution < -0.4 is 16.4 Å². The molecule has 0 aliphatic carbocycles. The molecule has 0 bridgehead atoms. The van der Waals surface area contributed by atoms with Gasteiger partial charge in [-0.15, -0.1) is 0 Å². The summed E-state index contributed by atoms with van der Waals surface area (Å²) in [6, 6.07) is 2.86. The van der Waals surface area contributed by atoms with Gasteiger partial charge in [0.15, 0.2) is 6.54 Å². The monoisotopic (exact) mass is 336 g/mol. The molecular weight excluding hydrogens is 310 g/mol. The Labute approximate surface area is 141 Å². The predicted octanol–water partition coefficient (Wildman–Crippen LogP) is 0.263. The van der Waals surface area contributed by atoms with Gasteiger partial charge in [0.1, 0.15) is 11.4 Å². The van der Waals surface area contributed by atoms with E-state index in [9.17, 15) is 14.7 Å². The van der Waals surface area contributed by atoms with Crippen LogP contribution >= 0.6 is 0 Å². The van der Waals surface area contributed by atoms with Crippen molar-refractivity contribution in [3.05, 3.63) is 12.1 Å². The second kappa shape index (κ2) is 7.06. The van der Waals surface area contributed by atoms with Gasteiger partial charge in [-0.1, -0.05) is 0 Å². The minimum atomic E-state index is -0.266. The molecule has 1 aromatic carbocycles. The van der Waals surface area contributed by atoms with Crippen molar-refractivity contribution in [1.82, 2.24) is 4.90 Å². The Bertz CT molecular complexity index is 616. The summed E-state index contributed by atoms with van der Waals surface area (Å²) in [5.41, 5.74) is 6.65. The number of hydrogen-bond donors (Lipinski definition) is 4. The zero-order valence-corrected chi connectivity index (χ0v) is 14.4. The number of benzene rings is 1. The molecule has 1 heterocycles. The molecule has 1 fully saturated rings. The zero-order chi connectivity index (χ0) is 17.9. The van der Waals surface area contributed by atoms with Gasteiger partial charge < -0.3 is 26.0 Å². The van der Waals surface area contributed by atoms with Crippen molar-refractivity contribution in [2.75, 3.05) is 63.2 Å². The van der Waals surface area contributed by atoms with E-state index >= 15 is 0 Å². The number of piperazine rings is 1. The molecule has 5 N–H and O–H groups in total. The molecule has 0 aromatic heterocycles. The number of aromatic hydroxyl groups is 1. The lowest BCUT2D eigenvalue weighted by Gasteiger charge is -2.40. The van der Waals surface area contributed by atoms with E-state index in [4.69, 9.17) is 5.73 Å². The quantitative estimate of drug-likeness (QED) is 0.358. The fraction of sp³-hybridized carbons (Fsp3) is 0.500. The molecule has 1 aromatic rings. The molecule has 2 rings (SSSR count). The van der Waals surface area contributed by atoms with Gasteiger partial charge in [0.2, 0.25) is 5.91 Å². The van der Waals surface area contributed by atoms with Crippen molar-refractivity contribution in [3.8, 4) is 5.75 Å².